The molecule has 0 aliphatic rings. The first-order chi connectivity index (χ1) is 11.5. The minimum absolute atomic E-state index is 0.105. The molecule has 24 heavy (non-hydrogen) atoms. The number of amides is 2. The lowest BCUT2D eigenvalue weighted by Gasteiger charge is -2.25. The summed E-state index contributed by atoms with van der Waals surface area (Å²) in [5, 5.41) is 5.65. The number of nitrogens with zero attached hydrogens (tertiary/aromatic N) is 1. The highest BCUT2D eigenvalue weighted by molar-refractivity contribution is 5.95. The van der Waals surface area contributed by atoms with Crippen molar-refractivity contribution in [1.29, 1.82) is 0 Å². The summed E-state index contributed by atoms with van der Waals surface area (Å²) in [6.45, 7) is 1.97. The summed E-state index contributed by atoms with van der Waals surface area (Å²) >= 11 is 0. The first-order valence-corrected chi connectivity index (χ1v) is 7.84. The van der Waals surface area contributed by atoms with E-state index in [2.05, 4.69) is 27.7 Å². The molecule has 0 spiro atoms. The van der Waals surface area contributed by atoms with Crippen LogP contribution in [0.2, 0.25) is 0 Å². The molecule has 2 rings (SSSR count). The Bertz CT molecular complexity index is 682. The second-order valence-corrected chi connectivity index (χ2v) is 5.86. The van der Waals surface area contributed by atoms with Crippen LogP contribution in [0.3, 0.4) is 0 Å². The predicted molar refractivity (Wildman–Crippen MR) is 95.9 cm³/mol. The molecule has 5 nitrogen and oxygen atoms in total. The normalized spacial score (nSPS) is 11.8. The van der Waals surface area contributed by atoms with Crippen molar-refractivity contribution in [3.05, 3.63) is 65.7 Å². The Morgan fingerprint density at radius 1 is 1.00 bits per heavy atom. The highest BCUT2D eigenvalue weighted by Gasteiger charge is 2.15. The highest BCUT2D eigenvalue weighted by Crippen LogP contribution is 2.17. The van der Waals surface area contributed by atoms with E-state index in [9.17, 15) is 9.59 Å². The summed E-state index contributed by atoms with van der Waals surface area (Å²) in [7, 11) is 3.98. The number of rotatable bonds is 6. The SMILES string of the molecule is CC(=O)Nc1ccc(C(=O)NCC(c2ccccc2)N(C)C)cc1. The van der Waals surface area contributed by atoms with E-state index >= 15 is 0 Å². The molecule has 0 aliphatic heterocycles. The highest BCUT2D eigenvalue weighted by atomic mass is 16.2. The Hall–Kier alpha value is -2.66. The van der Waals surface area contributed by atoms with Crippen molar-refractivity contribution >= 4 is 17.5 Å². The molecular formula is C19H23N3O2. The standard InChI is InChI=1S/C19H23N3O2/c1-14(23)21-17-11-9-16(10-12-17)19(24)20-13-18(22(2)3)15-7-5-4-6-8-15/h4-12,18H,13H2,1-3H3,(H,20,24)(H,21,23). The summed E-state index contributed by atoms with van der Waals surface area (Å²) in [5.74, 6) is -0.268. The third-order valence-electron chi connectivity index (χ3n) is 3.73. The molecular weight excluding hydrogens is 302 g/mol. The van der Waals surface area contributed by atoms with Gasteiger partial charge in [-0.2, -0.15) is 0 Å². The van der Waals surface area contributed by atoms with Gasteiger partial charge in [0, 0.05) is 24.7 Å². The molecule has 0 saturated carbocycles. The van der Waals surface area contributed by atoms with E-state index in [0.29, 0.717) is 17.8 Å². The van der Waals surface area contributed by atoms with Gasteiger partial charge in [-0.1, -0.05) is 30.3 Å². The van der Waals surface area contributed by atoms with E-state index < -0.39 is 0 Å². The summed E-state index contributed by atoms with van der Waals surface area (Å²) < 4.78 is 0. The number of likely N-dealkylation sites (N-methyl/N-ethyl adjacent to an activating group) is 1. The van der Waals surface area contributed by atoms with Gasteiger partial charge in [-0.3, -0.25) is 9.59 Å². The van der Waals surface area contributed by atoms with Crippen molar-refractivity contribution in [2.24, 2.45) is 0 Å². The molecule has 1 atom stereocenters. The Balaban J connectivity index is 1.99. The molecule has 0 fully saturated rings. The van der Waals surface area contributed by atoms with Gasteiger partial charge in [-0.05, 0) is 43.9 Å². The van der Waals surface area contributed by atoms with Crippen LogP contribution in [0, 0.1) is 0 Å². The molecule has 0 bridgehead atoms. The largest absolute Gasteiger partial charge is 0.350 e. The number of anilines is 1. The Morgan fingerprint density at radius 3 is 2.17 bits per heavy atom. The van der Waals surface area contributed by atoms with Crippen molar-refractivity contribution < 1.29 is 9.59 Å². The summed E-state index contributed by atoms with van der Waals surface area (Å²) in [6.07, 6.45) is 0. The number of nitrogens with one attached hydrogen (secondary N) is 2. The van der Waals surface area contributed by atoms with Gasteiger partial charge in [0.15, 0.2) is 0 Å². The first kappa shape index (κ1) is 17.7. The fraction of sp³-hybridized carbons (Fsp3) is 0.263. The quantitative estimate of drug-likeness (QED) is 0.858. The van der Waals surface area contributed by atoms with Gasteiger partial charge >= 0.3 is 0 Å². The van der Waals surface area contributed by atoms with Gasteiger partial charge in [0.2, 0.25) is 5.91 Å². The molecule has 2 amide bonds. The second-order valence-electron chi connectivity index (χ2n) is 5.86. The number of hydrogen-bond donors (Lipinski definition) is 2. The summed E-state index contributed by atoms with van der Waals surface area (Å²) in [5.41, 5.74) is 2.40. The molecule has 5 heteroatoms. The minimum Gasteiger partial charge on any atom is -0.350 e. The molecule has 2 aromatic rings. The van der Waals surface area contributed by atoms with Crippen molar-refractivity contribution in [3.63, 3.8) is 0 Å². The Morgan fingerprint density at radius 2 is 1.62 bits per heavy atom. The van der Waals surface area contributed by atoms with E-state index in [4.69, 9.17) is 0 Å². The lowest BCUT2D eigenvalue weighted by molar-refractivity contribution is -0.114. The topological polar surface area (TPSA) is 61.4 Å². The molecule has 0 aliphatic carbocycles. The monoisotopic (exact) mass is 325 g/mol. The van der Waals surface area contributed by atoms with Crippen LogP contribution in [0.5, 0.6) is 0 Å². The average molecular weight is 325 g/mol. The molecule has 2 aromatic carbocycles. The maximum Gasteiger partial charge on any atom is 0.251 e. The van der Waals surface area contributed by atoms with E-state index in [-0.39, 0.29) is 17.9 Å². The molecule has 0 saturated heterocycles. The van der Waals surface area contributed by atoms with Crippen LogP contribution in [-0.4, -0.2) is 37.4 Å². The average Bonchev–Trinajstić information content (AvgIpc) is 2.55. The van der Waals surface area contributed by atoms with Crippen LogP contribution in [0.25, 0.3) is 0 Å². The van der Waals surface area contributed by atoms with Crippen LogP contribution in [0.1, 0.15) is 28.9 Å². The minimum atomic E-state index is -0.135. The predicted octanol–water partition coefficient (Wildman–Crippen LogP) is 2.68. The number of benzene rings is 2. The maximum atomic E-state index is 12.3. The van der Waals surface area contributed by atoms with Gasteiger partial charge in [-0.25, -0.2) is 0 Å². The Labute approximate surface area is 142 Å². The summed E-state index contributed by atoms with van der Waals surface area (Å²) in [4.78, 5) is 25.4. The first-order valence-electron chi connectivity index (χ1n) is 7.84. The van der Waals surface area contributed by atoms with E-state index in [0.717, 1.165) is 5.56 Å². The lowest BCUT2D eigenvalue weighted by atomic mass is 10.1. The van der Waals surface area contributed by atoms with E-state index in [1.165, 1.54) is 6.92 Å². The zero-order valence-electron chi connectivity index (χ0n) is 14.2. The van der Waals surface area contributed by atoms with Crippen molar-refractivity contribution in [3.8, 4) is 0 Å². The van der Waals surface area contributed by atoms with Crippen LogP contribution in [0.15, 0.2) is 54.6 Å². The van der Waals surface area contributed by atoms with Crippen LogP contribution in [0.4, 0.5) is 5.69 Å². The zero-order valence-corrected chi connectivity index (χ0v) is 14.2. The molecule has 0 radical (unpaired) electrons. The van der Waals surface area contributed by atoms with E-state index in [1.807, 2.05) is 32.3 Å². The van der Waals surface area contributed by atoms with Gasteiger partial charge < -0.3 is 15.5 Å². The molecule has 2 N–H and O–H groups in total. The van der Waals surface area contributed by atoms with Crippen LogP contribution in [-0.2, 0) is 4.79 Å². The van der Waals surface area contributed by atoms with Gasteiger partial charge in [0.05, 0.1) is 6.04 Å². The number of hydrogen-bond acceptors (Lipinski definition) is 3. The Kier molecular flexibility index (Phi) is 6.09. The molecule has 1 unspecified atom stereocenters. The van der Waals surface area contributed by atoms with Gasteiger partial charge in [-0.15, -0.1) is 0 Å². The van der Waals surface area contributed by atoms with Gasteiger partial charge in [0.1, 0.15) is 0 Å². The second kappa shape index (κ2) is 8.26. The van der Waals surface area contributed by atoms with Crippen molar-refractivity contribution in [2.75, 3.05) is 26.0 Å². The summed E-state index contributed by atoms with van der Waals surface area (Å²) in [6, 6.07) is 17.0. The third kappa shape index (κ3) is 4.93. The molecule has 0 aromatic heterocycles. The van der Waals surface area contributed by atoms with E-state index in [1.54, 1.807) is 24.3 Å². The number of carbonyl (C=O) groups excluding carboxylic acids is 2. The maximum absolute atomic E-state index is 12.3. The lowest BCUT2D eigenvalue weighted by Crippen LogP contribution is -2.34. The van der Waals surface area contributed by atoms with Gasteiger partial charge in [0.25, 0.3) is 5.91 Å². The molecule has 0 heterocycles. The fourth-order valence-electron chi connectivity index (χ4n) is 2.47. The van der Waals surface area contributed by atoms with Crippen molar-refractivity contribution in [2.45, 2.75) is 13.0 Å². The zero-order chi connectivity index (χ0) is 17.5. The molecule has 126 valence electrons. The fourth-order valence-corrected chi connectivity index (χ4v) is 2.47. The van der Waals surface area contributed by atoms with Crippen LogP contribution < -0.4 is 10.6 Å². The third-order valence-corrected chi connectivity index (χ3v) is 3.73. The smallest absolute Gasteiger partial charge is 0.251 e. The van der Waals surface area contributed by atoms with Crippen molar-refractivity contribution in [1.82, 2.24) is 10.2 Å². The number of carbonyl (C=O) groups is 2. The van der Waals surface area contributed by atoms with Crippen LogP contribution >= 0.6 is 0 Å².